The van der Waals surface area contributed by atoms with Crippen LogP contribution in [0.5, 0.6) is 0 Å². The van der Waals surface area contributed by atoms with E-state index in [1.54, 1.807) is 18.2 Å². The molecule has 2 amide bonds. The zero-order chi connectivity index (χ0) is 21.4. The second-order valence-electron chi connectivity index (χ2n) is 7.16. The van der Waals surface area contributed by atoms with E-state index >= 15 is 0 Å². The molecule has 1 aromatic rings. The fourth-order valence-corrected chi connectivity index (χ4v) is 3.55. The number of ether oxygens (including phenoxy) is 1. The highest BCUT2D eigenvalue weighted by atomic mass is 19.4. The highest BCUT2D eigenvalue weighted by molar-refractivity contribution is 5.94. The van der Waals surface area contributed by atoms with Gasteiger partial charge in [-0.2, -0.15) is 26.3 Å². The summed E-state index contributed by atoms with van der Waals surface area (Å²) in [6, 6.07) is 5.00. The van der Waals surface area contributed by atoms with Crippen LogP contribution < -0.4 is 5.32 Å². The minimum absolute atomic E-state index is 0.0887. The van der Waals surface area contributed by atoms with Crippen LogP contribution in [0.3, 0.4) is 0 Å². The van der Waals surface area contributed by atoms with E-state index in [0.717, 1.165) is 4.90 Å². The Morgan fingerprint density at radius 2 is 1.76 bits per heavy atom. The number of carbonyl (C=O) groups excluding carboxylic acids is 2. The molecule has 2 aliphatic rings. The lowest BCUT2D eigenvalue weighted by atomic mass is 9.91. The number of nitrogens with one attached hydrogen (secondary N) is 1. The molecule has 160 valence electrons. The molecule has 0 radical (unpaired) electrons. The summed E-state index contributed by atoms with van der Waals surface area (Å²) >= 11 is 0. The molecule has 1 aromatic heterocycles. The maximum Gasteiger partial charge on any atom is 0.434 e. The van der Waals surface area contributed by atoms with Gasteiger partial charge >= 0.3 is 18.4 Å². The number of nitrogens with zero attached hydrogens (tertiary/aromatic N) is 2. The number of pyridine rings is 1. The summed E-state index contributed by atoms with van der Waals surface area (Å²) in [6.07, 6.45) is -14.7. The maximum absolute atomic E-state index is 12.5. The quantitative estimate of drug-likeness (QED) is 0.749. The monoisotopic (exact) mass is 425 g/mol. The summed E-state index contributed by atoms with van der Waals surface area (Å²) in [5.41, 5.74) is -0.414. The number of alkyl halides is 6. The number of halogens is 6. The van der Waals surface area contributed by atoms with Crippen LogP contribution in [-0.4, -0.2) is 53.4 Å². The van der Waals surface area contributed by atoms with Crippen LogP contribution in [-0.2, 0) is 9.53 Å². The minimum Gasteiger partial charge on any atom is -0.426 e. The highest BCUT2D eigenvalue weighted by Gasteiger charge is 2.61. The molecule has 1 saturated carbocycles. The van der Waals surface area contributed by atoms with Gasteiger partial charge in [0.05, 0.1) is 0 Å². The van der Waals surface area contributed by atoms with Crippen molar-refractivity contribution in [2.45, 2.75) is 37.7 Å². The normalized spacial score (nSPS) is 21.2. The molecule has 0 bridgehead atoms. The van der Waals surface area contributed by atoms with Gasteiger partial charge in [-0.05, 0) is 36.8 Å². The second-order valence-corrected chi connectivity index (χ2v) is 7.16. The second kappa shape index (κ2) is 7.38. The molecule has 1 aliphatic carbocycles. The number of anilines is 1. The largest absolute Gasteiger partial charge is 0.434 e. The Morgan fingerprint density at radius 3 is 2.28 bits per heavy atom. The number of piperidine rings is 1. The van der Waals surface area contributed by atoms with Crippen molar-refractivity contribution in [3.8, 4) is 0 Å². The van der Waals surface area contributed by atoms with Crippen molar-refractivity contribution in [2.75, 3.05) is 18.4 Å². The number of amides is 2. The molecular weight excluding hydrogens is 408 g/mol. The molecule has 2 fully saturated rings. The molecule has 12 heteroatoms. The molecule has 1 saturated heterocycles. The summed E-state index contributed by atoms with van der Waals surface area (Å²) in [6.45, 7) is -0.177. The Morgan fingerprint density at radius 1 is 1.14 bits per heavy atom. The van der Waals surface area contributed by atoms with Gasteiger partial charge in [0.2, 0.25) is 5.91 Å². The van der Waals surface area contributed by atoms with Crippen LogP contribution >= 0.6 is 0 Å². The average molecular weight is 425 g/mol. The maximum atomic E-state index is 12.5. The van der Waals surface area contributed by atoms with E-state index in [1.807, 2.05) is 0 Å². The fraction of sp³-hybridized carbons (Fsp3) is 0.588. The van der Waals surface area contributed by atoms with E-state index in [1.165, 1.54) is 6.20 Å². The van der Waals surface area contributed by atoms with Gasteiger partial charge in [0, 0.05) is 25.2 Å². The first-order valence-electron chi connectivity index (χ1n) is 8.73. The van der Waals surface area contributed by atoms with Crippen molar-refractivity contribution in [1.29, 1.82) is 0 Å². The first kappa shape index (κ1) is 21.2. The molecule has 1 atom stereocenters. The molecule has 1 spiro atoms. The molecular formula is C17H17F6N3O3. The zero-order valence-electron chi connectivity index (χ0n) is 14.9. The summed E-state index contributed by atoms with van der Waals surface area (Å²) in [4.78, 5) is 28.9. The predicted octanol–water partition coefficient (Wildman–Crippen LogP) is 3.75. The number of hydrogen-bond acceptors (Lipinski definition) is 4. The molecule has 6 nitrogen and oxygen atoms in total. The van der Waals surface area contributed by atoms with E-state index in [2.05, 4.69) is 15.0 Å². The van der Waals surface area contributed by atoms with Crippen LogP contribution in [0.25, 0.3) is 0 Å². The van der Waals surface area contributed by atoms with Crippen LogP contribution in [0.1, 0.15) is 19.3 Å². The summed E-state index contributed by atoms with van der Waals surface area (Å²) < 4.78 is 78.9. The van der Waals surface area contributed by atoms with Crippen molar-refractivity contribution in [3.05, 3.63) is 24.4 Å². The standard InChI is InChI=1S/C17H17F6N3O3/c18-16(19,20)13(17(21,22)23)29-14(28)26-7-4-15(5-8-26)9-10(15)12(27)25-11-3-1-2-6-24-11/h1-3,6,10,13H,4-5,7-9H2,(H,24,25,27). The van der Waals surface area contributed by atoms with E-state index in [4.69, 9.17) is 0 Å². The van der Waals surface area contributed by atoms with Crippen LogP contribution in [0.15, 0.2) is 24.4 Å². The molecule has 3 rings (SSSR count). The van der Waals surface area contributed by atoms with Crippen LogP contribution in [0, 0.1) is 11.3 Å². The molecule has 2 heterocycles. The van der Waals surface area contributed by atoms with E-state index < -0.39 is 30.0 Å². The van der Waals surface area contributed by atoms with Gasteiger partial charge in [-0.3, -0.25) is 4.79 Å². The Bertz CT molecular complexity index is 746. The smallest absolute Gasteiger partial charge is 0.426 e. The van der Waals surface area contributed by atoms with Crippen molar-refractivity contribution >= 4 is 17.8 Å². The summed E-state index contributed by atoms with van der Waals surface area (Å²) in [7, 11) is 0. The first-order valence-corrected chi connectivity index (χ1v) is 8.73. The third kappa shape index (κ3) is 4.73. The lowest BCUT2D eigenvalue weighted by Gasteiger charge is -2.33. The van der Waals surface area contributed by atoms with Gasteiger partial charge in [-0.15, -0.1) is 0 Å². The number of aromatic nitrogens is 1. The van der Waals surface area contributed by atoms with Crippen LogP contribution in [0.2, 0.25) is 0 Å². The van der Waals surface area contributed by atoms with Crippen molar-refractivity contribution in [2.24, 2.45) is 11.3 Å². The zero-order valence-corrected chi connectivity index (χ0v) is 14.9. The summed E-state index contributed by atoms with van der Waals surface area (Å²) in [5.74, 6) is -0.222. The van der Waals surface area contributed by atoms with Gasteiger partial charge in [0.15, 0.2) is 0 Å². The Balaban J connectivity index is 1.53. The topological polar surface area (TPSA) is 71.5 Å². The number of rotatable bonds is 3. The average Bonchev–Trinajstić information content (AvgIpc) is 3.32. The fourth-order valence-electron chi connectivity index (χ4n) is 3.55. The molecule has 1 aliphatic heterocycles. The van der Waals surface area contributed by atoms with Crippen molar-refractivity contribution < 1.29 is 40.7 Å². The molecule has 29 heavy (non-hydrogen) atoms. The van der Waals surface area contributed by atoms with E-state index in [9.17, 15) is 35.9 Å². The Kier molecular flexibility index (Phi) is 5.39. The lowest BCUT2D eigenvalue weighted by molar-refractivity contribution is -0.308. The van der Waals surface area contributed by atoms with Gasteiger partial charge in [0.1, 0.15) is 5.82 Å². The molecule has 0 aromatic carbocycles. The van der Waals surface area contributed by atoms with Crippen molar-refractivity contribution in [1.82, 2.24) is 9.88 Å². The molecule has 1 N–H and O–H groups in total. The van der Waals surface area contributed by atoms with Gasteiger partial charge in [-0.1, -0.05) is 6.07 Å². The minimum atomic E-state index is -5.75. The van der Waals surface area contributed by atoms with E-state index in [0.29, 0.717) is 12.2 Å². The van der Waals surface area contributed by atoms with Gasteiger partial charge in [0.25, 0.3) is 6.10 Å². The number of hydrogen-bond donors (Lipinski definition) is 1. The highest BCUT2D eigenvalue weighted by Crippen LogP contribution is 2.59. The van der Waals surface area contributed by atoms with Gasteiger partial charge < -0.3 is 15.0 Å². The predicted molar refractivity (Wildman–Crippen MR) is 86.6 cm³/mol. The third-order valence-corrected chi connectivity index (χ3v) is 5.25. The number of carbonyl (C=O) groups is 2. The SMILES string of the molecule is O=C(Nc1ccccn1)C1CC12CCN(C(=O)OC(C(F)(F)F)C(F)(F)F)CC2. The number of likely N-dealkylation sites (tertiary alicyclic amines) is 1. The Hall–Kier alpha value is -2.53. The van der Waals surface area contributed by atoms with Crippen LogP contribution in [0.4, 0.5) is 37.0 Å². The summed E-state index contributed by atoms with van der Waals surface area (Å²) in [5, 5.41) is 2.66. The Labute approximate surface area is 161 Å². The lowest BCUT2D eigenvalue weighted by Crippen LogP contribution is -2.49. The van der Waals surface area contributed by atoms with E-state index in [-0.39, 0.29) is 37.8 Å². The third-order valence-electron chi connectivity index (χ3n) is 5.25. The van der Waals surface area contributed by atoms with Gasteiger partial charge in [-0.25, -0.2) is 9.78 Å². The first-order chi connectivity index (χ1) is 13.4. The van der Waals surface area contributed by atoms with Crippen molar-refractivity contribution in [3.63, 3.8) is 0 Å². The molecule has 1 unspecified atom stereocenters.